The molecule has 3 heterocycles. The van der Waals surface area contributed by atoms with Gasteiger partial charge in [-0.2, -0.15) is 0 Å². The Bertz CT molecular complexity index is 2350. The van der Waals surface area contributed by atoms with Crippen molar-refractivity contribution in [1.29, 1.82) is 0 Å². The van der Waals surface area contributed by atoms with E-state index in [9.17, 15) is 19.2 Å². The second kappa shape index (κ2) is 18.3. The number of epoxide rings is 1. The van der Waals surface area contributed by atoms with Gasteiger partial charge in [0.1, 0.15) is 18.1 Å². The number of nitrogens with zero attached hydrogens (tertiary/aromatic N) is 2. The molecule has 9 rings (SSSR count). The van der Waals surface area contributed by atoms with Gasteiger partial charge in [0, 0.05) is 7.05 Å². The van der Waals surface area contributed by atoms with Gasteiger partial charge in [0.2, 0.25) is 0 Å². The predicted molar refractivity (Wildman–Crippen MR) is 235 cm³/mol. The van der Waals surface area contributed by atoms with Crippen molar-refractivity contribution in [3.8, 4) is 17.2 Å². The number of rotatable bonds is 11. The molecule has 59 heavy (non-hydrogen) atoms. The summed E-state index contributed by atoms with van der Waals surface area (Å²) in [6.07, 6.45) is 25.7. The summed E-state index contributed by atoms with van der Waals surface area (Å²) in [4.78, 5) is 50.4. The molecule has 0 radical (unpaired) electrons. The first-order chi connectivity index (χ1) is 28.6. The molecule has 5 aromatic rings. The van der Waals surface area contributed by atoms with Crippen LogP contribution in [0.2, 0.25) is 0 Å². The number of fused-ring (bicyclic) bond motifs is 2. The zero-order valence-electron chi connectivity index (χ0n) is 35.0. The van der Waals surface area contributed by atoms with E-state index >= 15 is 0 Å². The van der Waals surface area contributed by atoms with Crippen LogP contribution in [0.15, 0.2) is 92.0 Å². The Balaban J connectivity index is 0.000000165. The van der Waals surface area contributed by atoms with Gasteiger partial charge in [-0.1, -0.05) is 62.5 Å². The van der Waals surface area contributed by atoms with Crippen LogP contribution in [0.1, 0.15) is 102 Å². The van der Waals surface area contributed by atoms with E-state index in [1.807, 2.05) is 31.2 Å². The second-order valence-corrected chi connectivity index (χ2v) is 18.0. The summed E-state index contributed by atoms with van der Waals surface area (Å²) >= 11 is 0. The summed E-state index contributed by atoms with van der Waals surface area (Å²) < 4.78 is 18.7. The lowest BCUT2D eigenvalue weighted by molar-refractivity contribution is 0.0180. The molecule has 2 aromatic heterocycles. The molecule has 4 fully saturated rings. The third-order valence-corrected chi connectivity index (χ3v) is 13.9. The Labute approximate surface area is 346 Å². The summed E-state index contributed by atoms with van der Waals surface area (Å²) in [5, 5.41) is 0.493. The van der Waals surface area contributed by atoms with Crippen molar-refractivity contribution < 1.29 is 14.2 Å². The van der Waals surface area contributed by atoms with Gasteiger partial charge in [-0.3, -0.25) is 23.7 Å². The quantitative estimate of drug-likeness (QED) is 0.0967. The molecule has 1 atom stereocenters. The first-order valence-electron chi connectivity index (χ1n) is 22.3. The molecular weight excluding hydrogens is 741 g/mol. The second-order valence-electron chi connectivity index (χ2n) is 18.0. The highest BCUT2D eigenvalue weighted by molar-refractivity contribution is 5.98. The van der Waals surface area contributed by atoms with Gasteiger partial charge in [0.15, 0.2) is 6.29 Å². The first-order valence-corrected chi connectivity index (χ1v) is 22.3. The van der Waals surface area contributed by atoms with Crippen LogP contribution in [0.4, 0.5) is 0 Å². The van der Waals surface area contributed by atoms with E-state index in [2.05, 4.69) is 19.1 Å². The zero-order valence-corrected chi connectivity index (χ0v) is 35.0. The normalized spacial score (nSPS) is 25.9. The lowest BCUT2D eigenvalue weighted by Crippen LogP contribution is -2.25. The minimum atomic E-state index is -0.537. The van der Waals surface area contributed by atoms with E-state index in [1.165, 1.54) is 109 Å². The number of aryl methyl sites for hydroxylation is 1. The Kier molecular flexibility index (Phi) is 12.8. The molecule has 312 valence electrons. The van der Waals surface area contributed by atoms with Crippen molar-refractivity contribution in [2.45, 2.75) is 110 Å². The first kappa shape index (κ1) is 41.1. The molecule has 3 aliphatic carbocycles. The van der Waals surface area contributed by atoms with Crippen molar-refractivity contribution in [3.63, 3.8) is 0 Å². The number of hydrogen-bond acceptors (Lipinski definition) is 7. The summed E-state index contributed by atoms with van der Waals surface area (Å²) in [6.45, 7) is 6.08. The van der Waals surface area contributed by atoms with E-state index in [0.29, 0.717) is 17.2 Å². The van der Waals surface area contributed by atoms with Crippen molar-refractivity contribution >= 4 is 21.5 Å². The molecule has 1 saturated heterocycles. The topological polar surface area (TPSA) is 109 Å². The Morgan fingerprint density at radius 1 is 0.627 bits per heavy atom. The van der Waals surface area contributed by atoms with E-state index in [1.54, 1.807) is 24.3 Å². The molecule has 0 bridgehead atoms. The number of benzene rings is 3. The Morgan fingerprint density at radius 2 is 1.08 bits per heavy atom. The number of allylic oxidation sites excluding steroid dienone is 2. The highest BCUT2D eigenvalue weighted by atomic mass is 16.8. The van der Waals surface area contributed by atoms with Crippen LogP contribution < -0.4 is 27.0 Å². The molecule has 0 amide bonds. The standard InChI is InChI=1S/C26H44O2.C24H16N2O5/c1-2-3-20-10-14-24(15-11-20)25-16-12-22(13-17-25)5-4-21-6-8-23(9-7-21)18-27-26-19-28-26;1-13-3-7-15(8-4-13)31-16-9-5-14(6-10-16)26-23(29)19-11-17-18(12-20(19)24(26)30)22(28)25(2)21(17)27/h4-5,20-26H,2-3,6-19H2,1H3;3-12H,1-2H3/b5-4+;. The van der Waals surface area contributed by atoms with Crippen molar-refractivity contribution in [1.82, 2.24) is 9.13 Å². The van der Waals surface area contributed by atoms with Crippen LogP contribution in [0, 0.1) is 42.4 Å². The maximum Gasteiger partial charge on any atom is 0.266 e. The fraction of sp³-hybridized carbons (Fsp3) is 0.520. The molecule has 1 unspecified atom stereocenters. The Morgan fingerprint density at radius 3 is 1.59 bits per heavy atom. The van der Waals surface area contributed by atoms with E-state index in [4.69, 9.17) is 14.2 Å². The van der Waals surface area contributed by atoms with Crippen LogP contribution in [0.3, 0.4) is 0 Å². The summed E-state index contributed by atoms with van der Waals surface area (Å²) in [5.74, 6) is 6.90. The van der Waals surface area contributed by atoms with Crippen molar-refractivity contribution in [2.24, 2.45) is 42.6 Å². The van der Waals surface area contributed by atoms with Gasteiger partial charge in [-0.25, -0.2) is 4.57 Å². The minimum absolute atomic E-state index is 0.111. The summed E-state index contributed by atoms with van der Waals surface area (Å²) in [5.41, 5.74) is -0.556. The molecule has 1 aliphatic heterocycles. The van der Waals surface area contributed by atoms with Crippen LogP contribution in [0.25, 0.3) is 27.2 Å². The fourth-order valence-electron chi connectivity index (χ4n) is 10.1. The molecule has 0 spiro atoms. The van der Waals surface area contributed by atoms with Gasteiger partial charge < -0.3 is 14.2 Å². The van der Waals surface area contributed by atoms with E-state index in [-0.39, 0.29) is 27.8 Å². The van der Waals surface area contributed by atoms with E-state index < -0.39 is 22.2 Å². The minimum Gasteiger partial charge on any atom is -0.457 e. The van der Waals surface area contributed by atoms with Crippen LogP contribution in [-0.2, 0) is 16.5 Å². The largest absolute Gasteiger partial charge is 0.457 e. The van der Waals surface area contributed by atoms with Crippen LogP contribution >= 0.6 is 0 Å². The molecule has 9 heteroatoms. The number of aromatic nitrogens is 2. The third kappa shape index (κ3) is 9.57. The van der Waals surface area contributed by atoms with Gasteiger partial charge >= 0.3 is 0 Å². The number of ether oxygens (including phenoxy) is 3. The van der Waals surface area contributed by atoms with Gasteiger partial charge in [0.25, 0.3) is 22.2 Å². The van der Waals surface area contributed by atoms with Gasteiger partial charge in [-0.05, 0) is 155 Å². The van der Waals surface area contributed by atoms with E-state index in [0.717, 1.165) is 63.4 Å². The van der Waals surface area contributed by atoms with Gasteiger partial charge in [0.05, 0.1) is 33.8 Å². The molecule has 3 saturated carbocycles. The maximum atomic E-state index is 12.9. The molecule has 0 N–H and O–H groups in total. The third-order valence-electron chi connectivity index (χ3n) is 13.9. The van der Waals surface area contributed by atoms with Crippen molar-refractivity contribution in [3.05, 3.63) is 120 Å². The van der Waals surface area contributed by atoms with Crippen LogP contribution in [-0.4, -0.2) is 28.6 Å². The lowest BCUT2D eigenvalue weighted by Gasteiger charge is -2.37. The van der Waals surface area contributed by atoms with Crippen molar-refractivity contribution in [2.75, 3.05) is 13.2 Å². The smallest absolute Gasteiger partial charge is 0.266 e. The molecule has 3 aromatic carbocycles. The number of hydrogen-bond donors (Lipinski definition) is 0. The fourth-order valence-corrected chi connectivity index (χ4v) is 10.1. The highest BCUT2D eigenvalue weighted by Gasteiger charge is 2.31. The average molecular weight is 801 g/mol. The summed E-state index contributed by atoms with van der Waals surface area (Å²) in [7, 11) is 1.37. The monoisotopic (exact) mass is 800 g/mol. The average Bonchev–Trinajstić information content (AvgIpc) is 4.04. The Hall–Kier alpha value is -4.60. The maximum absolute atomic E-state index is 12.9. The zero-order chi connectivity index (χ0) is 41.0. The molecular formula is C50H60N2O7. The summed E-state index contributed by atoms with van der Waals surface area (Å²) in [6, 6.07) is 16.8. The predicted octanol–water partition coefficient (Wildman–Crippen LogP) is 9.67. The van der Waals surface area contributed by atoms with Crippen LogP contribution in [0.5, 0.6) is 11.5 Å². The van der Waals surface area contributed by atoms with Gasteiger partial charge in [-0.15, -0.1) is 0 Å². The lowest BCUT2D eigenvalue weighted by atomic mass is 9.68. The highest BCUT2D eigenvalue weighted by Crippen LogP contribution is 2.43. The molecule has 4 aliphatic rings. The molecule has 9 nitrogen and oxygen atoms in total. The SMILES string of the molecule is CCCC1CCC(C2CCC(/C=C/C3CCC(COC4CO4)CC3)CC2)CC1.Cc1ccc(Oc2ccc(-n3c(=O)c4cc5c(=O)n(C)c(=O)c5cc4c3=O)cc2)cc1.